The Kier molecular flexibility index (Phi) is 14.1. The lowest BCUT2D eigenvalue weighted by molar-refractivity contribution is -0.298. The summed E-state index contributed by atoms with van der Waals surface area (Å²) in [5, 5.41) is 66.8. The second-order valence-electron chi connectivity index (χ2n) is 16.5. The van der Waals surface area contributed by atoms with E-state index in [9.17, 15) is 49.8 Å². The number of carbonyl (C=O) groups is 4. The average Bonchev–Trinajstić information content (AvgIpc) is 3.81. The van der Waals surface area contributed by atoms with Gasteiger partial charge in [-0.15, -0.1) is 0 Å². The summed E-state index contributed by atoms with van der Waals surface area (Å²) in [7, 11) is 0. The fourth-order valence-electron chi connectivity index (χ4n) is 8.15. The molecule has 59 heavy (non-hydrogen) atoms. The third-order valence-corrected chi connectivity index (χ3v) is 11.1. The molecule has 14 unspecified atom stereocenters. The Hall–Kier alpha value is -3.64. The molecule has 4 saturated heterocycles. The lowest BCUT2D eigenvalue weighted by Crippen LogP contribution is -2.71. The molecule has 5 fully saturated rings. The standard InChI is InChI=1S/C39H55N3O17/c1-19(45)26(34(50)40-22(16-43)11-12-25(46)58-38(2,3)4)41-37(52)39-14-23-30-31(55-18-54-30)33(39)59-42(32(39)35(51)56-23)15-21-9-7-20(8-10-21)6-5-13-53-36-29(49)28(48)27(47)24(17-44)57-36/h5-10,19,22-24,26-33,36,43-45,47-49H,11-18H2,1-4H3,(H,40,50)(H,41,52). The maximum atomic E-state index is 14.6. The summed E-state index contributed by atoms with van der Waals surface area (Å²) >= 11 is 0. The quantitative estimate of drug-likeness (QED) is 0.0801. The second-order valence-corrected chi connectivity index (χ2v) is 16.5. The number of aliphatic hydroxyl groups is 6. The van der Waals surface area contributed by atoms with Crippen LogP contribution in [-0.4, -0.2) is 171 Å². The molecule has 0 spiro atoms. The van der Waals surface area contributed by atoms with Crippen molar-refractivity contribution >= 4 is 29.8 Å². The molecule has 1 saturated carbocycles. The molecule has 20 heteroatoms. The number of amides is 2. The molecule has 1 aliphatic carbocycles. The highest BCUT2D eigenvalue weighted by Crippen LogP contribution is 2.55. The van der Waals surface area contributed by atoms with Gasteiger partial charge in [-0.05, 0) is 45.2 Å². The highest BCUT2D eigenvalue weighted by Gasteiger charge is 2.75. The largest absolute Gasteiger partial charge is 0.460 e. The maximum absolute atomic E-state index is 14.6. The number of nitrogens with one attached hydrogen (secondary N) is 2. The van der Waals surface area contributed by atoms with Gasteiger partial charge in [0.1, 0.15) is 72.7 Å². The van der Waals surface area contributed by atoms with Crippen molar-refractivity contribution in [1.29, 1.82) is 0 Å². The van der Waals surface area contributed by atoms with E-state index in [2.05, 4.69) is 10.6 Å². The van der Waals surface area contributed by atoms with Crippen molar-refractivity contribution in [2.45, 2.75) is 138 Å². The first-order chi connectivity index (χ1) is 28.0. The van der Waals surface area contributed by atoms with E-state index in [0.29, 0.717) is 5.56 Å². The van der Waals surface area contributed by atoms with Crippen LogP contribution in [-0.2, 0) is 59.0 Å². The van der Waals surface area contributed by atoms with Gasteiger partial charge < -0.3 is 69.7 Å². The van der Waals surface area contributed by atoms with Crippen LogP contribution in [0.15, 0.2) is 30.3 Å². The fourth-order valence-corrected chi connectivity index (χ4v) is 8.15. The molecule has 20 nitrogen and oxygen atoms in total. The van der Waals surface area contributed by atoms with Crippen LogP contribution in [0.5, 0.6) is 0 Å². The molecule has 14 atom stereocenters. The SMILES string of the molecule is CC(O)C(NC(=O)C12CC3OC(=O)C1N(Cc1ccc(C=CCOC4OC(CO)C(O)C(O)C4O)cc1)OC2C1OCOC31)C(=O)NC(CO)CCC(=O)OC(C)(C)C. The fraction of sp³-hybridized carbons (Fsp3) is 0.692. The van der Waals surface area contributed by atoms with Crippen LogP contribution in [0.1, 0.15) is 58.1 Å². The Morgan fingerprint density at radius 1 is 1.03 bits per heavy atom. The Morgan fingerprint density at radius 3 is 2.41 bits per heavy atom. The molecule has 6 rings (SSSR count). The van der Waals surface area contributed by atoms with E-state index in [0.717, 1.165) is 5.56 Å². The lowest BCUT2D eigenvalue weighted by atomic mass is 9.62. The summed E-state index contributed by atoms with van der Waals surface area (Å²) in [6.07, 6.45) is -8.57. The first-order valence-corrected chi connectivity index (χ1v) is 19.6. The van der Waals surface area contributed by atoms with Crippen molar-refractivity contribution in [3.05, 3.63) is 41.5 Å². The number of benzene rings is 1. The van der Waals surface area contributed by atoms with E-state index >= 15 is 0 Å². The number of hydroxylamine groups is 2. The molecule has 8 N–H and O–H groups in total. The van der Waals surface area contributed by atoms with Gasteiger partial charge in [-0.25, -0.2) is 0 Å². The second kappa shape index (κ2) is 18.5. The molecule has 4 aliphatic heterocycles. The summed E-state index contributed by atoms with van der Waals surface area (Å²) in [5.41, 5.74) is -0.933. The molecule has 2 amide bonds. The Morgan fingerprint density at radius 2 is 1.75 bits per heavy atom. The monoisotopic (exact) mass is 837 g/mol. The topological polar surface area (TPSA) is 282 Å². The number of hydrogen-bond donors (Lipinski definition) is 8. The van der Waals surface area contributed by atoms with E-state index in [1.807, 2.05) is 0 Å². The average molecular weight is 838 g/mol. The number of ether oxygens (including phenoxy) is 6. The summed E-state index contributed by atoms with van der Waals surface area (Å²) in [4.78, 5) is 60.6. The minimum absolute atomic E-state index is 0.0224. The first-order valence-electron chi connectivity index (χ1n) is 19.6. The number of esters is 2. The zero-order valence-corrected chi connectivity index (χ0v) is 33.2. The van der Waals surface area contributed by atoms with Gasteiger partial charge in [-0.1, -0.05) is 36.4 Å². The van der Waals surface area contributed by atoms with Crippen LogP contribution in [0.2, 0.25) is 0 Å². The molecule has 4 heterocycles. The van der Waals surface area contributed by atoms with Gasteiger partial charge in [0.05, 0.1) is 38.5 Å². The first kappa shape index (κ1) is 44.9. The van der Waals surface area contributed by atoms with Crippen LogP contribution in [0.4, 0.5) is 0 Å². The van der Waals surface area contributed by atoms with Crippen molar-refractivity contribution in [3.8, 4) is 0 Å². The van der Waals surface area contributed by atoms with Crippen LogP contribution in [0, 0.1) is 5.41 Å². The summed E-state index contributed by atoms with van der Waals surface area (Å²) in [6, 6.07) is 3.40. The number of hydrogen-bond acceptors (Lipinski definition) is 18. The zero-order valence-electron chi connectivity index (χ0n) is 33.2. The van der Waals surface area contributed by atoms with Crippen molar-refractivity contribution in [1.82, 2.24) is 15.7 Å². The van der Waals surface area contributed by atoms with E-state index in [1.165, 1.54) is 12.0 Å². The predicted octanol–water partition coefficient (Wildman–Crippen LogP) is -2.48. The van der Waals surface area contributed by atoms with Crippen molar-refractivity contribution in [3.63, 3.8) is 0 Å². The van der Waals surface area contributed by atoms with Crippen molar-refractivity contribution in [2.75, 3.05) is 26.6 Å². The van der Waals surface area contributed by atoms with Gasteiger partial charge in [-0.2, -0.15) is 5.06 Å². The van der Waals surface area contributed by atoms with Gasteiger partial charge in [-0.3, -0.25) is 24.0 Å². The van der Waals surface area contributed by atoms with Crippen LogP contribution in [0.3, 0.4) is 0 Å². The Balaban J connectivity index is 1.13. The Labute approximate surface area is 340 Å². The minimum atomic E-state index is -1.64. The normalized spacial score (nSPS) is 34.4. The predicted molar refractivity (Wildman–Crippen MR) is 199 cm³/mol. The molecule has 2 bridgehead atoms. The molecule has 0 aromatic heterocycles. The summed E-state index contributed by atoms with van der Waals surface area (Å²) < 4.78 is 33.6. The highest BCUT2D eigenvalue weighted by molar-refractivity contribution is 5.96. The van der Waals surface area contributed by atoms with Gasteiger partial charge in [0.15, 0.2) is 12.3 Å². The van der Waals surface area contributed by atoms with Crippen molar-refractivity contribution in [2.24, 2.45) is 5.41 Å². The molecule has 1 aromatic rings. The van der Waals surface area contributed by atoms with E-state index in [4.69, 9.17) is 33.3 Å². The number of rotatable bonds is 16. The van der Waals surface area contributed by atoms with Gasteiger partial charge in [0.2, 0.25) is 11.8 Å². The summed E-state index contributed by atoms with van der Waals surface area (Å²) in [5.74, 6) is -2.85. The van der Waals surface area contributed by atoms with Crippen LogP contribution < -0.4 is 10.6 Å². The minimum Gasteiger partial charge on any atom is -0.460 e. The smallest absolute Gasteiger partial charge is 0.327 e. The highest BCUT2D eigenvalue weighted by atomic mass is 16.8. The summed E-state index contributed by atoms with van der Waals surface area (Å²) in [6.45, 7) is 5.20. The van der Waals surface area contributed by atoms with Gasteiger partial charge in [0.25, 0.3) is 0 Å². The molecule has 0 radical (unpaired) electrons. The molecular formula is C39H55N3O17. The third kappa shape index (κ3) is 9.64. The third-order valence-electron chi connectivity index (χ3n) is 11.1. The van der Waals surface area contributed by atoms with E-state index in [1.54, 1.807) is 57.2 Å². The lowest BCUT2D eigenvalue weighted by Gasteiger charge is -2.49. The van der Waals surface area contributed by atoms with Crippen LogP contribution >= 0.6 is 0 Å². The Bertz CT molecular complexity index is 1690. The molecule has 1 aromatic carbocycles. The van der Waals surface area contributed by atoms with Gasteiger partial charge >= 0.3 is 11.9 Å². The number of fused-ring (bicyclic) bond motifs is 4. The number of nitrogens with zero attached hydrogens (tertiary/aromatic N) is 1. The maximum Gasteiger partial charge on any atom is 0.327 e. The molecule has 5 aliphatic rings. The number of aliphatic hydroxyl groups excluding tert-OH is 6. The van der Waals surface area contributed by atoms with Crippen molar-refractivity contribution < 1.29 is 83.1 Å². The van der Waals surface area contributed by atoms with Gasteiger partial charge in [0, 0.05) is 12.8 Å². The molecular weight excluding hydrogens is 782 g/mol. The van der Waals surface area contributed by atoms with E-state index < -0.39 is 127 Å². The van der Waals surface area contributed by atoms with Crippen LogP contribution in [0.25, 0.3) is 6.08 Å². The molecule has 328 valence electrons. The zero-order chi connectivity index (χ0) is 42.8. The van der Waals surface area contributed by atoms with E-state index in [-0.39, 0.29) is 39.2 Å². The number of carbonyl (C=O) groups excluding carboxylic acids is 4.